The number of carbonyl (C=O) groups excluding carboxylic acids is 1. The Morgan fingerprint density at radius 2 is 2.10 bits per heavy atom. The van der Waals surface area contributed by atoms with E-state index < -0.39 is 17.5 Å². The fourth-order valence-corrected chi connectivity index (χ4v) is 2.07. The van der Waals surface area contributed by atoms with Gasteiger partial charge in [-0.2, -0.15) is 0 Å². The SMILES string of the molecule is CCOc1ccc(NC(=O)NC2(C(=O)O)CCOC2)cc1. The van der Waals surface area contributed by atoms with Crippen molar-refractivity contribution in [1.29, 1.82) is 0 Å². The van der Waals surface area contributed by atoms with E-state index in [1.165, 1.54) is 0 Å². The Labute approximate surface area is 122 Å². The van der Waals surface area contributed by atoms with E-state index >= 15 is 0 Å². The zero-order valence-corrected chi connectivity index (χ0v) is 11.7. The number of aliphatic carboxylic acids is 1. The third-order valence-electron chi connectivity index (χ3n) is 3.21. The number of anilines is 1. The van der Waals surface area contributed by atoms with Crippen molar-refractivity contribution in [3.63, 3.8) is 0 Å². The maximum atomic E-state index is 11.9. The summed E-state index contributed by atoms with van der Waals surface area (Å²) < 4.78 is 10.4. The van der Waals surface area contributed by atoms with Crippen LogP contribution in [0.25, 0.3) is 0 Å². The Hall–Kier alpha value is -2.28. The zero-order chi connectivity index (χ0) is 15.3. The number of ether oxygens (including phenoxy) is 2. The number of carbonyl (C=O) groups is 2. The first kappa shape index (κ1) is 15.1. The Bertz CT molecular complexity index is 509. The van der Waals surface area contributed by atoms with Crippen LogP contribution in [0.5, 0.6) is 5.75 Å². The maximum Gasteiger partial charge on any atom is 0.332 e. The van der Waals surface area contributed by atoms with Crippen molar-refractivity contribution < 1.29 is 24.2 Å². The van der Waals surface area contributed by atoms with Gasteiger partial charge in [-0.25, -0.2) is 9.59 Å². The summed E-state index contributed by atoms with van der Waals surface area (Å²) in [6, 6.07) is 6.24. The van der Waals surface area contributed by atoms with Gasteiger partial charge < -0.3 is 25.2 Å². The molecule has 2 rings (SSSR count). The molecule has 21 heavy (non-hydrogen) atoms. The van der Waals surface area contributed by atoms with Gasteiger partial charge in [0.05, 0.1) is 13.2 Å². The molecule has 1 heterocycles. The topological polar surface area (TPSA) is 96.9 Å². The van der Waals surface area contributed by atoms with Gasteiger partial charge in [0.15, 0.2) is 5.54 Å². The highest BCUT2D eigenvalue weighted by Gasteiger charge is 2.44. The molecule has 0 bridgehead atoms. The Kier molecular flexibility index (Phi) is 4.64. The summed E-state index contributed by atoms with van der Waals surface area (Å²) in [5.41, 5.74) is -0.801. The first-order valence-corrected chi connectivity index (χ1v) is 6.69. The van der Waals surface area contributed by atoms with Gasteiger partial charge in [-0.3, -0.25) is 0 Å². The van der Waals surface area contributed by atoms with E-state index in [1.54, 1.807) is 24.3 Å². The number of nitrogens with one attached hydrogen (secondary N) is 2. The third kappa shape index (κ3) is 3.63. The molecule has 1 atom stereocenters. The number of carboxylic acid groups (broad SMARTS) is 1. The minimum Gasteiger partial charge on any atom is -0.494 e. The number of carboxylic acids is 1. The Morgan fingerprint density at radius 1 is 1.38 bits per heavy atom. The van der Waals surface area contributed by atoms with E-state index in [2.05, 4.69) is 10.6 Å². The van der Waals surface area contributed by atoms with Crippen LogP contribution in [0.15, 0.2) is 24.3 Å². The molecular weight excluding hydrogens is 276 g/mol. The molecule has 0 radical (unpaired) electrons. The van der Waals surface area contributed by atoms with Crippen LogP contribution in [0.2, 0.25) is 0 Å². The predicted octanol–water partition coefficient (Wildman–Crippen LogP) is 1.45. The van der Waals surface area contributed by atoms with Crippen LogP contribution in [0.1, 0.15) is 13.3 Å². The molecule has 7 heteroatoms. The lowest BCUT2D eigenvalue weighted by Crippen LogP contribution is -2.56. The minimum absolute atomic E-state index is 0.0287. The average Bonchev–Trinajstić information content (AvgIpc) is 2.91. The lowest BCUT2D eigenvalue weighted by molar-refractivity contribution is -0.144. The van der Waals surface area contributed by atoms with Crippen molar-refractivity contribution in [3.05, 3.63) is 24.3 Å². The molecule has 0 aromatic heterocycles. The second-order valence-electron chi connectivity index (χ2n) is 4.73. The van der Waals surface area contributed by atoms with E-state index in [0.29, 0.717) is 24.7 Å². The highest BCUT2D eigenvalue weighted by Crippen LogP contribution is 2.20. The lowest BCUT2D eigenvalue weighted by atomic mass is 9.99. The summed E-state index contributed by atoms with van der Waals surface area (Å²) >= 11 is 0. The molecule has 1 aromatic carbocycles. The minimum atomic E-state index is -1.35. The van der Waals surface area contributed by atoms with Crippen molar-refractivity contribution in [2.24, 2.45) is 0 Å². The molecule has 1 fully saturated rings. The highest BCUT2D eigenvalue weighted by molar-refractivity contribution is 5.94. The number of hydrogen-bond acceptors (Lipinski definition) is 4. The monoisotopic (exact) mass is 294 g/mol. The summed E-state index contributed by atoms with van der Waals surface area (Å²) in [5.74, 6) is -0.392. The van der Waals surface area contributed by atoms with Crippen LogP contribution in [0, 0.1) is 0 Å². The van der Waals surface area contributed by atoms with Gasteiger partial charge in [0, 0.05) is 18.7 Å². The van der Waals surface area contributed by atoms with Gasteiger partial charge in [-0.05, 0) is 31.2 Å². The molecule has 1 unspecified atom stereocenters. The molecule has 1 aliphatic rings. The molecule has 0 saturated carbocycles. The van der Waals surface area contributed by atoms with Gasteiger partial charge in [0.1, 0.15) is 5.75 Å². The summed E-state index contributed by atoms with van der Waals surface area (Å²) in [6.07, 6.45) is 0.249. The molecule has 1 aromatic rings. The molecule has 7 nitrogen and oxygen atoms in total. The molecular formula is C14H18N2O5. The number of hydrogen-bond donors (Lipinski definition) is 3. The fraction of sp³-hybridized carbons (Fsp3) is 0.429. The Morgan fingerprint density at radius 3 is 2.62 bits per heavy atom. The number of amides is 2. The third-order valence-corrected chi connectivity index (χ3v) is 3.21. The van der Waals surface area contributed by atoms with Crippen LogP contribution in [0.4, 0.5) is 10.5 Å². The van der Waals surface area contributed by atoms with Crippen LogP contribution in [0.3, 0.4) is 0 Å². The molecule has 3 N–H and O–H groups in total. The largest absolute Gasteiger partial charge is 0.494 e. The molecule has 114 valence electrons. The van der Waals surface area contributed by atoms with Crippen molar-refractivity contribution in [3.8, 4) is 5.75 Å². The van der Waals surface area contributed by atoms with Gasteiger partial charge in [-0.15, -0.1) is 0 Å². The van der Waals surface area contributed by atoms with Crippen LogP contribution >= 0.6 is 0 Å². The normalized spacial score (nSPS) is 20.8. The molecule has 1 saturated heterocycles. The Balaban J connectivity index is 1.96. The van der Waals surface area contributed by atoms with Gasteiger partial charge in [-0.1, -0.05) is 0 Å². The summed E-state index contributed by atoms with van der Waals surface area (Å²) in [5, 5.41) is 14.3. The van der Waals surface area contributed by atoms with Crippen LogP contribution in [-0.4, -0.2) is 42.5 Å². The summed E-state index contributed by atoms with van der Waals surface area (Å²) in [7, 11) is 0. The van der Waals surface area contributed by atoms with E-state index in [4.69, 9.17) is 9.47 Å². The van der Waals surface area contributed by atoms with Gasteiger partial charge in [0.2, 0.25) is 0 Å². The fourth-order valence-electron chi connectivity index (χ4n) is 2.07. The number of benzene rings is 1. The predicted molar refractivity (Wildman–Crippen MR) is 75.6 cm³/mol. The first-order valence-electron chi connectivity index (χ1n) is 6.69. The second-order valence-corrected chi connectivity index (χ2v) is 4.73. The van der Waals surface area contributed by atoms with E-state index in [0.717, 1.165) is 0 Å². The zero-order valence-electron chi connectivity index (χ0n) is 11.7. The van der Waals surface area contributed by atoms with E-state index in [9.17, 15) is 14.7 Å². The second kappa shape index (κ2) is 6.45. The first-order chi connectivity index (χ1) is 10.1. The number of urea groups is 1. The summed E-state index contributed by atoms with van der Waals surface area (Å²) in [4.78, 5) is 23.2. The van der Waals surface area contributed by atoms with Gasteiger partial charge in [0.25, 0.3) is 0 Å². The smallest absolute Gasteiger partial charge is 0.332 e. The van der Waals surface area contributed by atoms with E-state index in [-0.39, 0.29) is 13.0 Å². The van der Waals surface area contributed by atoms with Crippen molar-refractivity contribution in [1.82, 2.24) is 5.32 Å². The van der Waals surface area contributed by atoms with Crippen molar-refractivity contribution >= 4 is 17.7 Å². The number of rotatable bonds is 5. The van der Waals surface area contributed by atoms with Gasteiger partial charge >= 0.3 is 12.0 Å². The molecule has 2 amide bonds. The average molecular weight is 294 g/mol. The molecule has 1 aliphatic heterocycles. The molecule has 0 aliphatic carbocycles. The van der Waals surface area contributed by atoms with Crippen molar-refractivity contribution in [2.75, 3.05) is 25.1 Å². The van der Waals surface area contributed by atoms with Crippen LogP contribution in [-0.2, 0) is 9.53 Å². The maximum absolute atomic E-state index is 11.9. The lowest BCUT2D eigenvalue weighted by Gasteiger charge is -2.23. The van der Waals surface area contributed by atoms with E-state index in [1.807, 2.05) is 6.92 Å². The quantitative estimate of drug-likeness (QED) is 0.763. The summed E-state index contributed by atoms with van der Waals surface area (Å²) in [6.45, 7) is 2.73. The van der Waals surface area contributed by atoms with Crippen molar-refractivity contribution in [2.45, 2.75) is 18.9 Å². The van der Waals surface area contributed by atoms with Crippen LogP contribution < -0.4 is 15.4 Å². The highest BCUT2D eigenvalue weighted by atomic mass is 16.5. The molecule has 0 spiro atoms. The standard InChI is InChI=1S/C14H18N2O5/c1-2-21-11-5-3-10(4-6-11)15-13(19)16-14(12(17)18)7-8-20-9-14/h3-6H,2,7-9H2,1H3,(H,17,18)(H2,15,16,19).